The standard InChI is InChI=1S/C22H24F3NO5/c1-29-20(28)26-18(14-13-16-9-5-3-6-10-16)15-31-19(27)21(30-2,22(23,24)25)17-11-7-4-8-12-17/h3-12,18H,13-15H2,1-2H3,(H,26,28)/t18-,21+/m0/s1. The molecule has 2 aromatic rings. The van der Waals surface area contributed by atoms with Gasteiger partial charge in [-0.3, -0.25) is 0 Å². The van der Waals surface area contributed by atoms with Gasteiger partial charge in [-0.15, -0.1) is 0 Å². The predicted molar refractivity (Wildman–Crippen MR) is 106 cm³/mol. The van der Waals surface area contributed by atoms with E-state index in [9.17, 15) is 22.8 Å². The number of carbonyl (C=O) groups excluding carboxylic acids is 2. The molecule has 1 N–H and O–H groups in total. The molecule has 2 atom stereocenters. The molecular weight excluding hydrogens is 415 g/mol. The first kappa shape index (κ1) is 24.2. The van der Waals surface area contributed by atoms with Crippen molar-refractivity contribution in [1.29, 1.82) is 0 Å². The number of nitrogens with one attached hydrogen (secondary N) is 1. The molecule has 0 aliphatic heterocycles. The van der Waals surface area contributed by atoms with Gasteiger partial charge in [-0.25, -0.2) is 9.59 Å². The fourth-order valence-corrected chi connectivity index (χ4v) is 3.07. The number of halogens is 3. The molecule has 0 aliphatic rings. The van der Waals surface area contributed by atoms with Crippen LogP contribution in [0.4, 0.5) is 18.0 Å². The number of alkyl halides is 3. The van der Waals surface area contributed by atoms with Crippen molar-refractivity contribution >= 4 is 12.1 Å². The summed E-state index contributed by atoms with van der Waals surface area (Å²) < 4.78 is 56.1. The summed E-state index contributed by atoms with van der Waals surface area (Å²) in [7, 11) is 1.95. The Morgan fingerprint density at radius 2 is 1.55 bits per heavy atom. The van der Waals surface area contributed by atoms with Gasteiger partial charge in [-0.05, 0) is 18.4 Å². The molecule has 31 heavy (non-hydrogen) atoms. The van der Waals surface area contributed by atoms with Crippen molar-refractivity contribution in [3.8, 4) is 0 Å². The van der Waals surface area contributed by atoms with Gasteiger partial charge >= 0.3 is 18.2 Å². The van der Waals surface area contributed by atoms with Crippen LogP contribution in [0.2, 0.25) is 0 Å². The van der Waals surface area contributed by atoms with Crippen molar-refractivity contribution < 1.29 is 37.0 Å². The summed E-state index contributed by atoms with van der Waals surface area (Å²) in [6.07, 6.45) is -5.05. The minimum absolute atomic E-state index is 0.309. The van der Waals surface area contributed by atoms with Crippen molar-refractivity contribution in [1.82, 2.24) is 5.32 Å². The van der Waals surface area contributed by atoms with Crippen molar-refractivity contribution in [3.05, 3.63) is 71.8 Å². The minimum Gasteiger partial charge on any atom is -0.461 e. The van der Waals surface area contributed by atoms with Gasteiger partial charge in [-0.2, -0.15) is 13.2 Å². The summed E-state index contributed by atoms with van der Waals surface area (Å²) in [6.45, 7) is -0.491. The van der Waals surface area contributed by atoms with E-state index in [0.29, 0.717) is 12.8 Å². The smallest absolute Gasteiger partial charge is 0.432 e. The van der Waals surface area contributed by atoms with E-state index in [1.807, 2.05) is 30.3 Å². The highest BCUT2D eigenvalue weighted by Gasteiger charge is 2.64. The van der Waals surface area contributed by atoms with Crippen molar-refractivity contribution in [2.45, 2.75) is 30.7 Å². The number of amides is 1. The highest BCUT2D eigenvalue weighted by atomic mass is 19.4. The van der Waals surface area contributed by atoms with Gasteiger partial charge in [0.25, 0.3) is 5.60 Å². The average Bonchev–Trinajstić information content (AvgIpc) is 2.76. The number of carbonyl (C=O) groups is 2. The second-order valence-corrected chi connectivity index (χ2v) is 6.70. The molecule has 168 valence electrons. The molecule has 0 aromatic heterocycles. The summed E-state index contributed by atoms with van der Waals surface area (Å²) in [5, 5.41) is 2.48. The molecule has 0 spiro atoms. The highest BCUT2D eigenvalue weighted by Crippen LogP contribution is 2.42. The zero-order valence-electron chi connectivity index (χ0n) is 17.1. The van der Waals surface area contributed by atoms with Crippen LogP contribution in [0.3, 0.4) is 0 Å². The van der Waals surface area contributed by atoms with Gasteiger partial charge in [0.2, 0.25) is 0 Å². The van der Waals surface area contributed by atoms with E-state index in [0.717, 1.165) is 31.9 Å². The monoisotopic (exact) mass is 439 g/mol. The van der Waals surface area contributed by atoms with Gasteiger partial charge in [0.1, 0.15) is 6.61 Å². The number of esters is 1. The molecule has 0 saturated carbocycles. The number of hydrogen-bond donors (Lipinski definition) is 1. The van der Waals surface area contributed by atoms with E-state index in [-0.39, 0.29) is 0 Å². The maximum absolute atomic E-state index is 14.0. The minimum atomic E-state index is -5.07. The lowest BCUT2D eigenvalue weighted by Crippen LogP contribution is -2.52. The molecule has 1 amide bonds. The fraction of sp³-hybridized carbons (Fsp3) is 0.364. The van der Waals surface area contributed by atoms with Gasteiger partial charge < -0.3 is 19.5 Å². The average molecular weight is 439 g/mol. The topological polar surface area (TPSA) is 73.9 Å². The molecular formula is C22H24F3NO5. The molecule has 0 aliphatic carbocycles. The second-order valence-electron chi connectivity index (χ2n) is 6.70. The van der Waals surface area contributed by atoms with Gasteiger partial charge in [0.05, 0.1) is 13.2 Å². The van der Waals surface area contributed by atoms with E-state index < -0.39 is 42.1 Å². The van der Waals surface area contributed by atoms with Crippen LogP contribution in [0.5, 0.6) is 0 Å². The van der Waals surface area contributed by atoms with Crippen molar-refractivity contribution in [3.63, 3.8) is 0 Å². The molecule has 0 heterocycles. The first-order chi connectivity index (χ1) is 14.7. The molecule has 0 radical (unpaired) electrons. The Balaban J connectivity index is 2.18. The number of alkyl carbamates (subject to hydrolysis) is 1. The lowest BCUT2D eigenvalue weighted by atomic mass is 9.92. The Kier molecular flexibility index (Phi) is 8.44. The number of aryl methyl sites for hydroxylation is 1. The number of methoxy groups -OCH3 is 2. The number of benzene rings is 2. The van der Waals surface area contributed by atoms with E-state index in [1.54, 1.807) is 0 Å². The molecule has 0 unspecified atom stereocenters. The van der Waals surface area contributed by atoms with Crippen molar-refractivity contribution in [2.75, 3.05) is 20.8 Å². The maximum atomic E-state index is 14.0. The Bertz CT molecular complexity index is 845. The third-order valence-electron chi connectivity index (χ3n) is 4.72. The second kappa shape index (κ2) is 10.8. The zero-order chi connectivity index (χ0) is 22.9. The molecule has 0 fully saturated rings. The number of hydrogen-bond acceptors (Lipinski definition) is 5. The number of rotatable bonds is 9. The van der Waals surface area contributed by atoms with Crippen LogP contribution in [-0.4, -0.2) is 45.1 Å². The molecule has 2 rings (SSSR count). The molecule has 0 bridgehead atoms. The highest BCUT2D eigenvalue weighted by molar-refractivity contribution is 5.82. The lowest BCUT2D eigenvalue weighted by molar-refractivity contribution is -0.276. The Morgan fingerprint density at radius 3 is 2.06 bits per heavy atom. The predicted octanol–water partition coefficient (Wildman–Crippen LogP) is 3.99. The zero-order valence-corrected chi connectivity index (χ0v) is 17.1. The first-order valence-corrected chi connectivity index (χ1v) is 9.47. The summed E-state index contributed by atoms with van der Waals surface area (Å²) in [4.78, 5) is 24.3. The van der Waals surface area contributed by atoms with Gasteiger partial charge in [0.15, 0.2) is 0 Å². The number of ether oxygens (including phenoxy) is 3. The van der Waals surface area contributed by atoms with Crippen LogP contribution in [0, 0.1) is 0 Å². The Labute approximate surface area is 178 Å². The maximum Gasteiger partial charge on any atom is 0.432 e. The summed E-state index contributed by atoms with van der Waals surface area (Å²) in [5.74, 6) is -1.62. The van der Waals surface area contributed by atoms with E-state index in [2.05, 4.69) is 10.1 Å². The van der Waals surface area contributed by atoms with Crippen molar-refractivity contribution in [2.24, 2.45) is 0 Å². The summed E-state index contributed by atoms with van der Waals surface area (Å²) >= 11 is 0. The Morgan fingerprint density at radius 1 is 0.968 bits per heavy atom. The summed E-state index contributed by atoms with van der Waals surface area (Å²) in [5.41, 5.74) is -2.74. The van der Waals surface area contributed by atoms with E-state index >= 15 is 0 Å². The third-order valence-corrected chi connectivity index (χ3v) is 4.72. The molecule has 9 heteroatoms. The third kappa shape index (κ3) is 5.97. The van der Waals surface area contributed by atoms with E-state index in [1.165, 1.54) is 18.2 Å². The fourth-order valence-electron chi connectivity index (χ4n) is 3.07. The van der Waals surface area contributed by atoms with Crippen LogP contribution in [-0.2, 0) is 31.0 Å². The summed E-state index contributed by atoms with van der Waals surface area (Å²) in [6, 6.07) is 15.0. The van der Waals surface area contributed by atoms with Crippen LogP contribution in [0.25, 0.3) is 0 Å². The van der Waals surface area contributed by atoms with Crippen LogP contribution in [0.1, 0.15) is 17.5 Å². The molecule has 0 saturated heterocycles. The van der Waals surface area contributed by atoms with Crippen LogP contribution in [0.15, 0.2) is 60.7 Å². The lowest BCUT2D eigenvalue weighted by Gasteiger charge is -2.32. The van der Waals surface area contributed by atoms with Crippen LogP contribution >= 0.6 is 0 Å². The SMILES string of the molecule is COC(=O)N[C@@H](CCc1ccccc1)COC(=O)[C@](OC)(c1ccccc1)C(F)(F)F. The van der Waals surface area contributed by atoms with Gasteiger partial charge in [0, 0.05) is 12.7 Å². The largest absolute Gasteiger partial charge is 0.461 e. The van der Waals surface area contributed by atoms with E-state index in [4.69, 9.17) is 9.47 Å². The first-order valence-electron chi connectivity index (χ1n) is 9.47. The van der Waals surface area contributed by atoms with Crippen LogP contribution < -0.4 is 5.32 Å². The quantitative estimate of drug-likeness (QED) is 0.598. The normalized spacial score (nSPS) is 14.2. The van der Waals surface area contributed by atoms with Gasteiger partial charge in [-0.1, -0.05) is 60.7 Å². The molecule has 2 aromatic carbocycles. The Hall–Kier alpha value is -3.07. The molecule has 6 nitrogen and oxygen atoms in total.